The summed E-state index contributed by atoms with van der Waals surface area (Å²) >= 11 is 0. The second-order valence-corrected chi connectivity index (χ2v) is 13.8. The van der Waals surface area contributed by atoms with Crippen LogP contribution in [0.2, 0.25) is 0 Å². The average Bonchev–Trinajstić information content (AvgIpc) is 3.07. The molecule has 2 atom stereocenters. The van der Waals surface area contributed by atoms with E-state index in [2.05, 4.69) is 26.1 Å². The van der Waals surface area contributed by atoms with Gasteiger partial charge in [0.2, 0.25) is 5.91 Å². The van der Waals surface area contributed by atoms with Crippen LogP contribution in [0.4, 0.5) is 4.79 Å². The first-order valence-corrected chi connectivity index (χ1v) is 16.5. The zero-order valence-electron chi connectivity index (χ0n) is 28.6. The molecule has 9 heteroatoms. The number of nitrogens with one attached hydrogen (secondary N) is 1. The van der Waals surface area contributed by atoms with Gasteiger partial charge in [0.05, 0.1) is 13.2 Å². The Hall–Kier alpha value is -5.31. The van der Waals surface area contributed by atoms with Gasteiger partial charge in [0, 0.05) is 12.8 Å². The van der Waals surface area contributed by atoms with Crippen LogP contribution in [0.5, 0.6) is 23.0 Å². The van der Waals surface area contributed by atoms with Crippen molar-refractivity contribution in [3.8, 4) is 23.0 Å². The van der Waals surface area contributed by atoms with Gasteiger partial charge in [-0.15, -0.1) is 0 Å². The van der Waals surface area contributed by atoms with Gasteiger partial charge in [0.25, 0.3) is 0 Å². The Bertz CT molecular complexity index is 1750. The number of amides is 2. The third-order valence-electron chi connectivity index (χ3n) is 8.30. The van der Waals surface area contributed by atoms with Crippen LogP contribution in [-0.2, 0) is 39.1 Å². The molecule has 4 aromatic rings. The molecule has 0 aromatic heterocycles. The number of rotatable bonds is 11. The largest absolute Gasteiger partial charge is 0.480 e. The topological polar surface area (TPSA) is 114 Å². The Balaban J connectivity index is 1.30. The van der Waals surface area contributed by atoms with Crippen LogP contribution < -0.4 is 14.8 Å². The van der Waals surface area contributed by atoms with Crippen LogP contribution in [0.1, 0.15) is 56.9 Å². The fraction of sp³-hybridized carbons (Fsp3) is 0.325. The molecule has 0 bridgehead atoms. The Kier molecular flexibility index (Phi) is 10.9. The standard InChI is InChI=1S/C40H44N2O7/c1-26(2)25-47-39(46)42-24-29-22-34(49-33-19-14-30(15-20-33)40(3,4)5)18-13-28(29)23-36(42)37(43)41-35(38(44)45)21-27-11-16-32(17-12-27)48-31-9-7-6-8-10-31/h6-20,22,26,35-36H,21,23-25H2,1-5H3,(H,41,43)(H,44,45)/t35-,36-/m0/s1. The normalized spacial score (nSPS) is 14.8. The number of hydrogen-bond acceptors (Lipinski definition) is 6. The lowest BCUT2D eigenvalue weighted by Gasteiger charge is -2.36. The van der Waals surface area contributed by atoms with Crippen molar-refractivity contribution in [1.29, 1.82) is 0 Å². The first-order chi connectivity index (χ1) is 23.4. The number of aliphatic carboxylic acids is 1. The van der Waals surface area contributed by atoms with Crippen LogP contribution in [0.15, 0.2) is 97.1 Å². The number of ether oxygens (including phenoxy) is 3. The minimum absolute atomic E-state index is 0.0228. The van der Waals surface area contributed by atoms with E-state index in [0.717, 1.165) is 11.1 Å². The molecule has 0 unspecified atom stereocenters. The van der Waals surface area contributed by atoms with Gasteiger partial charge in [-0.25, -0.2) is 9.59 Å². The Morgan fingerprint density at radius 1 is 0.816 bits per heavy atom. The number of benzene rings is 4. The Morgan fingerprint density at radius 2 is 1.41 bits per heavy atom. The molecule has 0 spiro atoms. The molecule has 1 heterocycles. The molecule has 2 N–H and O–H groups in total. The Labute approximate surface area is 287 Å². The summed E-state index contributed by atoms with van der Waals surface area (Å²) in [4.78, 5) is 40.8. The maximum absolute atomic E-state index is 13.8. The monoisotopic (exact) mass is 664 g/mol. The van der Waals surface area contributed by atoms with E-state index in [9.17, 15) is 19.5 Å². The number of para-hydroxylation sites is 1. The van der Waals surface area contributed by atoms with Gasteiger partial charge in [-0.05, 0) is 82.1 Å². The average molecular weight is 665 g/mol. The predicted molar refractivity (Wildman–Crippen MR) is 187 cm³/mol. The minimum Gasteiger partial charge on any atom is -0.480 e. The molecular weight excluding hydrogens is 620 g/mol. The van der Waals surface area contributed by atoms with Crippen molar-refractivity contribution in [1.82, 2.24) is 10.2 Å². The third kappa shape index (κ3) is 9.41. The molecule has 0 radical (unpaired) electrons. The molecule has 0 saturated carbocycles. The van der Waals surface area contributed by atoms with Crippen LogP contribution in [0, 0.1) is 5.92 Å². The molecule has 1 aliphatic rings. The first-order valence-electron chi connectivity index (χ1n) is 16.5. The van der Waals surface area contributed by atoms with Crippen molar-refractivity contribution in [2.24, 2.45) is 5.92 Å². The van der Waals surface area contributed by atoms with Gasteiger partial charge in [0.1, 0.15) is 35.1 Å². The zero-order chi connectivity index (χ0) is 35.1. The highest BCUT2D eigenvalue weighted by molar-refractivity contribution is 5.90. The summed E-state index contributed by atoms with van der Waals surface area (Å²) in [6, 6.07) is 27.7. The van der Waals surface area contributed by atoms with Gasteiger partial charge in [0.15, 0.2) is 0 Å². The summed E-state index contributed by atoms with van der Waals surface area (Å²) < 4.78 is 17.5. The molecule has 0 fully saturated rings. The number of carbonyl (C=O) groups excluding carboxylic acids is 2. The quantitative estimate of drug-likeness (QED) is 0.168. The number of fused-ring (bicyclic) bond motifs is 1. The Morgan fingerprint density at radius 3 is 2.02 bits per heavy atom. The van der Waals surface area contributed by atoms with Gasteiger partial charge in [-0.1, -0.05) is 83.1 Å². The smallest absolute Gasteiger partial charge is 0.410 e. The summed E-state index contributed by atoms with van der Waals surface area (Å²) in [6.45, 7) is 10.6. The first kappa shape index (κ1) is 35.0. The fourth-order valence-electron chi connectivity index (χ4n) is 5.55. The molecule has 49 heavy (non-hydrogen) atoms. The van der Waals surface area contributed by atoms with Crippen LogP contribution >= 0.6 is 0 Å². The fourth-order valence-corrected chi connectivity index (χ4v) is 5.55. The molecule has 0 saturated heterocycles. The lowest BCUT2D eigenvalue weighted by molar-refractivity contribution is -0.142. The van der Waals surface area contributed by atoms with Crippen molar-refractivity contribution in [2.45, 2.75) is 71.5 Å². The minimum atomic E-state index is -1.22. The zero-order valence-corrected chi connectivity index (χ0v) is 28.6. The van der Waals surface area contributed by atoms with Crippen molar-refractivity contribution < 1.29 is 33.7 Å². The highest BCUT2D eigenvalue weighted by Crippen LogP contribution is 2.32. The maximum atomic E-state index is 13.8. The second kappa shape index (κ2) is 15.3. The van der Waals surface area contributed by atoms with Gasteiger partial charge in [-0.3, -0.25) is 9.69 Å². The van der Waals surface area contributed by atoms with Crippen LogP contribution in [0.25, 0.3) is 0 Å². The van der Waals surface area contributed by atoms with E-state index >= 15 is 0 Å². The lowest BCUT2D eigenvalue weighted by atomic mass is 9.87. The van der Waals surface area contributed by atoms with Gasteiger partial charge in [-0.2, -0.15) is 0 Å². The summed E-state index contributed by atoms with van der Waals surface area (Å²) in [6.07, 6.45) is -0.397. The van der Waals surface area contributed by atoms with Crippen molar-refractivity contribution >= 4 is 18.0 Å². The van der Waals surface area contributed by atoms with Crippen molar-refractivity contribution in [3.63, 3.8) is 0 Å². The third-order valence-corrected chi connectivity index (χ3v) is 8.30. The number of carboxylic acid groups (broad SMARTS) is 1. The number of nitrogens with zero attached hydrogens (tertiary/aromatic N) is 1. The molecule has 1 aliphatic heterocycles. The van der Waals surface area contributed by atoms with Crippen molar-refractivity contribution in [3.05, 3.63) is 119 Å². The molecule has 0 aliphatic carbocycles. The van der Waals surface area contributed by atoms with Crippen LogP contribution in [-0.4, -0.2) is 46.7 Å². The number of carboxylic acids is 1. The lowest BCUT2D eigenvalue weighted by Crippen LogP contribution is -2.56. The van der Waals surface area contributed by atoms with E-state index in [1.807, 2.05) is 86.6 Å². The van der Waals surface area contributed by atoms with E-state index < -0.39 is 30.1 Å². The van der Waals surface area contributed by atoms with E-state index in [1.165, 1.54) is 10.5 Å². The predicted octanol–water partition coefficient (Wildman–Crippen LogP) is 7.90. The number of hydrogen-bond donors (Lipinski definition) is 2. The molecule has 2 amide bonds. The van der Waals surface area contributed by atoms with E-state index in [0.29, 0.717) is 28.6 Å². The number of carbonyl (C=O) groups is 3. The van der Waals surface area contributed by atoms with E-state index in [4.69, 9.17) is 14.2 Å². The second-order valence-electron chi connectivity index (χ2n) is 13.8. The summed E-state index contributed by atoms with van der Waals surface area (Å²) in [5.74, 6) is 0.932. The maximum Gasteiger partial charge on any atom is 0.410 e. The van der Waals surface area contributed by atoms with Crippen molar-refractivity contribution in [2.75, 3.05) is 6.61 Å². The summed E-state index contributed by atoms with van der Waals surface area (Å²) in [5.41, 5.74) is 3.61. The van der Waals surface area contributed by atoms with E-state index in [-0.39, 0.29) is 37.3 Å². The van der Waals surface area contributed by atoms with Gasteiger partial charge >= 0.3 is 12.1 Å². The molecular formula is C40H44N2O7. The van der Waals surface area contributed by atoms with E-state index in [1.54, 1.807) is 24.3 Å². The molecule has 9 nitrogen and oxygen atoms in total. The van der Waals surface area contributed by atoms with Crippen LogP contribution in [0.3, 0.4) is 0 Å². The SMILES string of the molecule is CC(C)COC(=O)N1Cc2cc(Oc3ccc(C(C)(C)C)cc3)ccc2C[C@H]1C(=O)N[C@@H](Cc1ccc(Oc2ccccc2)cc1)C(=O)O. The highest BCUT2D eigenvalue weighted by atomic mass is 16.6. The molecule has 4 aromatic carbocycles. The summed E-state index contributed by atoms with van der Waals surface area (Å²) in [5, 5.41) is 12.7. The van der Waals surface area contributed by atoms with Gasteiger partial charge < -0.3 is 24.6 Å². The molecule has 256 valence electrons. The molecule has 5 rings (SSSR count). The highest BCUT2D eigenvalue weighted by Gasteiger charge is 2.37. The summed E-state index contributed by atoms with van der Waals surface area (Å²) in [7, 11) is 0.